The molecule has 0 aromatic heterocycles. The minimum absolute atomic E-state index is 0.0806. The van der Waals surface area contributed by atoms with Gasteiger partial charge in [0.25, 0.3) is 0 Å². The Morgan fingerprint density at radius 1 is 0.963 bits per heavy atom. The number of hydrogen-bond donors (Lipinski definition) is 0. The van der Waals surface area contributed by atoms with Crippen LogP contribution in [0.5, 0.6) is 11.5 Å². The van der Waals surface area contributed by atoms with Gasteiger partial charge in [0, 0.05) is 30.7 Å². The van der Waals surface area contributed by atoms with E-state index in [1.165, 1.54) is 24.6 Å². The Bertz CT molecular complexity index is 855. The molecule has 0 heterocycles. The maximum atomic E-state index is 13.4. The molecule has 0 unspecified atom stereocenters. The van der Waals surface area contributed by atoms with Crippen molar-refractivity contribution >= 4 is 21.6 Å². The molecule has 27 heavy (non-hydrogen) atoms. The van der Waals surface area contributed by atoms with Gasteiger partial charge in [0.2, 0.25) is 10.0 Å². The van der Waals surface area contributed by atoms with Crippen molar-refractivity contribution < 1.29 is 17.9 Å². The zero-order valence-corrected chi connectivity index (χ0v) is 17.5. The van der Waals surface area contributed by atoms with E-state index in [2.05, 4.69) is 0 Å². The molecule has 0 bridgehead atoms. The van der Waals surface area contributed by atoms with Gasteiger partial charge in [-0.2, -0.15) is 4.31 Å². The molecule has 0 N–H and O–H groups in total. The Balaban J connectivity index is 2.44. The summed E-state index contributed by atoms with van der Waals surface area (Å²) in [5.41, 5.74) is 0.851. The Kier molecular flexibility index (Phi) is 7.49. The average molecular weight is 413 g/mol. The molecule has 0 amide bonds. The molecule has 2 aromatic rings. The molecule has 6 nitrogen and oxygen atoms in total. The number of hydrogen-bond acceptors (Lipinski definition) is 5. The van der Waals surface area contributed by atoms with Gasteiger partial charge in [-0.25, -0.2) is 8.42 Å². The van der Waals surface area contributed by atoms with Gasteiger partial charge in [0.1, 0.15) is 16.4 Å². The van der Waals surface area contributed by atoms with E-state index in [9.17, 15) is 8.42 Å². The van der Waals surface area contributed by atoms with Crippen LogP contribution >= 0.6 is 11.6 Å². The number of methoxy groups -OCH3 is 2. The first kappa shape index (κ1) is 21.5. The predicted molar refractivity (Wildman–Crippen MR) is 107 cm³/mol. The molecule has 8 heteroatoms. The Hall–Kier alpha value is -1.80. The number of ether oxygens (including phenoxy) is 2. The summed E-state index contributed by atoms with van der Waals surface area (Å²) in [6.07, 6.45) is 0. The minimum Gasteiger partial charge on any atom is -0.497 e. The quantitative estimate of drug-likeness (QED) is 0.633. The van der Waals surface area contributed by atoms with Gasteiger partial charge in [-0.05, 0) is 43.9 Å². The second kappa shape index (κ2) is 9.41. The zero-order chi connectivity index (χ0) is 20.0. The van der Waals surface area contributed by atoms with Crippen molar-refractivity contribution in [3.8, 4) is 11.5 Å². The highest BCUT2D eigenvalue weighted by Crippen LogP contribution is 2.31. The van der Waals surface area contributed by atoms with Crippen molar-refractivity contribution in [2.45, 2.75) is 11.4 Å². The van der Waals surface area contributed by atoms with Crippen molar-refractivity contribution in [2.24, 2.45) is 0 Å². The van der Waals surface area contributed by atoms with Gasteiger partial charge in [-0.3, -0.25) is 0 Å². The maximum Gasteiger partial charge on any atom is 0.247 e. The third-order valence-corrected chi connectivity index (χ3v) is 6.18. The number of benzene rings is 2. The van der Waals surface area contributed by atoms with E-state index >= 15 is 0 Å². The van der Waals surface area contributed by atoms with Crippen LogP contribution in [0, 0.1) is 0 Å². The monoisotopic (exact) mass is 412 g/mol. The lowest BCUT2D eigenvalue weighted by molar-refractivity contribution is 0.327. The largest absolute Gasteiger partial charge is 0.497 e. The van der Waals surface area contributed by atoms with Crippen LogP contribution in [0.4, 0.5) is 0 Å². The molecule has 0 spiro atoms. The van der Waals surface area contributed by atoms with Gasteiger partial charge < -0.3 is 14.4 Å². The predicted octanol–water partition coefficient (Wildman–Crippen LogP) is 3.11. The molecule has 0 saturated carbocycles. The molecule has 0 aliphatic carbocycles. The molecule has 148 valence electrons. The highest BCUT2D eigenvalue weighted by atomic mass is 35.5. The normalized spacial score (nSPS) is 11.8. The first-order chi connectivity index (χ1) is 12.8. The van der Waals surface area contributed by atoms with Gasteiger partial charge in [0.15, 0.2) is 0 Å². The fourth-order valence-electron chi connectivity index (χ4n) is 2.51. The van der Waals surface area contributed by atoms with Gasteiger partial charge >= 0.3 is 0 Å². The summed E-state index contributed by atoms with van der Waals surface area (Å²) in [4.78, 5) is 2.02. The number of sulfonamides is 1. The van der Waals surface area contributed by atoms with Crippen molar-refractivity contribution in [3.63, 3.8) is 0 Å². The van der Waals surface area contributed by atoms with E-state index in [1.54, 1.807) is 24.3 Å². The highest BCUT2D eigenvalue weighted by molar-refractivity contribution is 7.89. The molecule has 0 atom stereocenters. The summed E-state index contributed by atoms with van der Waals surface area (Å²) in [6.45, 7) is 1.14. The highest BCUT2D eigenvalue weighted by Gasteiger charge is 2.28. The van der Waals surface area contributed by atoms with E-state index < -0.39 is 10.0 Å². The summed E-state index contributed by atoms with van der Waals surface area (Å²) in [6, 6.07) is 11.9. The second-order valence-electron chi connectivity index (χ2n) is 6.29. The lowest BCUT2D eigenvalue weighted by Crippen LogP contribution is -2.36. The molecule has 0 saturated heterocycles. The van der Waals surface area contributed by atoms with E-state index in [4.69, 9.17) is 21.1 Å². The standard InChI is InChI=1S/C19H25ClN2O4S/c1-21(2)11-12-22(14-15-5-7-16(20)8-6-15)27(23,24)19-13-17(25-3)9-10-18(19)26-4/h5-10,13H,11-12,14H2,1-4H3. The smallest absolute Gasteiger partial charge is 0.247 e. The molecule has 0 fully saturated rings. The minimum atomic E-state index is -3.81. The van der Waals surface area contributed by atoms with Crippen LogP contribution in [-0.4, -0.2) is 59.0 Å². The van der Waals surface area contributed by atoms with Crippen molar-refractivity contribution in [1.29, 1.82) is 0 Å². The average Bonchev–Trinajstić information content (AvgIpc) is 2.65. The maximum absolute atomic E-state index is 13.4. The number of rotatable bonds is 9. The number of halogens is 1. The van der Waals surface area contributed by atoms with Gasteiger partial charge in [0.05, 0.1) is 14.2 Å². The molecule has 2 aromatic carbocycles. The summed E-state index contributed by atoms with van der Waals surface area (Å²) >= 11 is 5.94. The zero-order valence-electron chi connectivity index (χ0n) is 16.0. The van der Waals surface area contributed by atoms with E-state index in [0.29, 0.717) is 23.9 Å². The third kappa shape index (κ3) is 5.59. The molecule has 0 aliphatic rings. The summed E-state index contributed by atoms with van der Waals surface area (Å²) < 4.78 is 38.7. The van der Waals surface area contributed by atoms with Crippen molar-refractivity contribution in [3.05, 3.63) is 53.1 Å². The molecule has 0 aliphatic heterocycles. The van der Waals surface area contributed by atoms with Crippen LogP contribution in [0.15, 0.2) is 47.4 Å². The van der Waals surface area contributed by atoms with Crippen LogP contribution in [0.2, 0.25) is 5.02 Å². The molecule has 0 radical (unpaired) electrons. The lowest BCUT2D eigenvalue weighted by Gasteiger charge is -2.25. The summed E-state index contributed by atoms with van der Waals surface area (Å²) in [7, 11) is 2.94. The van der Waals surface area contributed by atoms with E-state index in [1.807, 2.05) is 31.1 Å². The molecular formula is C19H25ClN2O4S. The van der Waals surface area contributed by atoms with Crippen molar-refractivity contribution in [1.82, 2.24) is 9.21 Å². The Morgan fingerprint density at radius 2 is 1.63 bits per heavy atom. The first-order valence-electron chi connectivity index (χ1n) is 8.39. The number of likely N-dealkylation sites (N-methyl/N-ethyl adjacent to an activating group) is 1. The van der Waals surface area contributed by atoms with Crippen LogP contribution < -0.4 is 9.47 Å². The van der Waals surface area contributed by atoms with Crippen LogP contribution in [0.1, 0.15) is 5.56 Å². The van der Waals surface area contributed by atoms with Crippen LogP contribution in [0.3, 0.4) is 0 Å². The molecule has 2 rings (SSSR count). The SMILES string of the molecule is COc1ccc(OC)c(S(=O)(=O)N(CCN(C)C)Cc2ccc(Cl)cc2)c1. The third-order valence-electron chi connectivity index (χ3n) is 4.06. The van der Waals surface area contributed by atoms with Gasteiger partial charge in [-0.15, -0.1) is 0 Å². The molecular weight excluding hydrogens is 388 g/mol. The topological polar surface area (TPSA) is 59.1 Å². The fourth-order valence-corrected chi connectivity index (χ4v) is 4.23. The Labute approximate surface area is 166 Å². The Morgan fingerprint density at radius 3 is 2.19 bits per heavy atom. The summed E-state index contributed by atoms with van der Waals surface area (Å²) in [5.74, 6) is 0.732. The lowest BCUT2D eigenvalue weighted by atomic mass is 10.2. The first-order valence-corrected chi connectivity index (χ1v) is 10.2. The van der Waals surface area contributed by atoms with E-state index in [-0.39, 0.29) is 17.2 Å². The second-order valence-corrected chi connectivity index (χ2v) is 8.63. The van der Waals surface area contributed by atoms with Gasteiger partial charge in [-0.1, -0.05) is 23.7 Å². The van der Waals surface area contributed by atoms with Crippen LogP contribution in [-0.2, 0) is 16.6 Å². The fraction of sp³-hybridized carbons (Fsp3) is 0.368. The van der Waals surface area contributed by atoms with E-state index in [0.717, 1.165) is 5.56 Å². The van der Waals surface area contributed by atoms with Crippen molar-refractivity contribution in [2.75, 3.05) is 41.4 Å². The summed E-state index contributed by atoms with van der Waals surface area (Å²) in [5, 5.41) is 0.607. The number of nitrogens with zero attached hydrogens (tertiary/aromatic N) is 2. The van der Waals surface area contributed by atoms with Crippen LogP contribution in [0.25, 0.3) is 0 Å².